The Balaban J connectivity index is 1.14. The Morgan fingerprint density at radius 2 is 0.763 bits per heavy atom. The van der Waals surface area contributed by atoms with Crippen LogP contribution in [-0.2, 0) is 0 Å². The number of fused-ring (bicyclic) bond motifs is 6. The molecule has 11 rings (SSSR count). The van der Waals surface area contributed by atoms with Gasteiger partial charge >= 0.3 is 0 Å². The highest BCUT2D eigenvalue weighted by Crippen LogP contribution is 2.49. The lowest BCUT2D eigenvalue weighted by molar-refractivity contribution is 0.669. The van der Waals surface area contributed by atoms with Crippen molar-refractivity contribution in [2.24, 2.45) is 0 Å². The first kappa shape index (κ1) is 34.4. The van der Waals surface area contributed by atoms with Gasteiger partial charge in [-0.05, 0) is 111 Å². The number of para-hydroxylation sites is 2. The third kappa shape index (κ3) is 6.26. The van der Waals surface area contributed by atoms with Gasteiger partial charge in [-0.3, -0.25) is 0 Å². The fourth-order valence-corrected chi connectivity index (χ4v) is 8.57. The zero-order valence-electron chi connectivity index (χ0n) is 32.2. The standard InChI is InChI=1S/C56H38N2O/c1-4-14-39(15-5-1)41-26-33-49(34-27-41)58(47-21-8-3-9-22-47)52-37-50(38-54-56(52)55-51-23-13-12-17-43(51)30-35-53(55)59-54)57(46-19-6-2-7-20-46)48-31-28-42(29-32-48)45-25-24-40-16-10-11-18-44(40)36-45/h1-38H. The van der Waals surface area contributed by atoms with E-state index in [-0.39, 0.29) is 0 Å². The minimum Gasteiger partial charge on any atom is -0.456 e. The maximum atomic E-state index is 6.92. The van der Waals surface area contributed by atoms with Gasteiger partial charge in [-0.15, -0.1) is 0 Å². The van der Waals surface area contributed by atoms with Crippen molar-refractivity contribution in [3.05, 3.63) is 231 Å². The van der Waals surface area contributed by atoms with Gasteiger partial charge in [0.25, 0.3) is 0 Å². The van der Waals surface area contributed by atoms with E-state index >= 15 is 0 Å². The van der Waals surface area contributed by atoms with Gasteiger partial charge in [-0.2, -0.15) is 0 Å². The smallest absolute Gasteiger partial charge is 0.139 e. The molecule has 0 radical (unpaired) electrons. The van der Waals surface area contributed by atoms with Crippen LogP contribution in [-0.4, -0.2) is 0 Å². The van der Waals surface area contributed by atoms with E-state index in [0.29, 0.717) is 0 Å². The molecule has 59 heavy (non-hydrogen) atoms. The van der Waals surface area contributed by atoms with Crippen molar-refractivity contribution in [3.8, 4) is 22.3 Å². The van der Waals surface area contributed by atoms with E-state index in [9.17, 15) is 0 Å². The van der Waals surface area contributed by atoms with Crippen molar-refractivity contribution in [1.82, 2.24) is 0 Å². The second-order valence-electron chi connectivity index (χ2n) is 15.0. The van der Waals surface area contributed by atoms with Crippen LogP contribution in [0.2, 0.25) is 0 Å². The van der Waals surface area contributed by atoms with Gasteiger partial charge in [-0.1, -0.05) is 158 Å². The maximum Gasteiger partial charge on any atom is 0.139 e. The van der Waals surface area contributed by atoms with Gasteiger partial charge in [0.1, 0.15) is 11.2 Å². The van der Waals surface area contributed by atoms with E-state index in [4.69, 9.17) is 4.42 Å². The molecule has 0 N–H and O–H groups in total. The third-order valence-corrected chi connectivity index (χ3v) is 11.4. The first-order valence-corrected chi connectivity index (χ1v) is 20.1. The summed E-state index contributed by atoms with van der Waals surface area (Å²) in [5.41, 5.74) is 12.6. The summed E-state index contributed by atoms with van der Waals surface area (Å²) in [7, 11) is 0. The number of rotatable bonds is 8. The summed E-state index contributed by atoms with van der Waals surface area (Å²) in [6.07, 6.45) is 0. The lowest BCUT2D eigenvalue weighted by atomic mass is 10.00. The highest BCUT2D eigenvalue weighted by molar-refractivity contribution is 6.24. The van der Waals surface area contributed by atoms with Crippen LogP contribution in [0.15, 0.2) is 235 Å². The van der Waals surface area contributed by atoms with E-state index in [0.717, 1.165) is 61.4 Å². The van der Waals surface area contributed by atoms with Crippen LogP contribution in [0.1, 0.15) is 0 Å². The highest BCUT2D eigenvalue weighted by atomic mass is 16.3. The summed E-state index contributed by atoms with van der Waals surface area (Å²) < 4.78 is 6.92. The fourth-order valence-electron chi connectivity index (χ4n) is 8.57. The molecule has 278 valence electrons. The van der Waals surface area contributed by atoms with Crippen LogP contribution in [0.3, 0.4) is 0 Å². The molecular weight excluding hydrogens is 717 g/mol. The molecule has 0 aliphatic carbocycles. The van der Waals surface area contributed by atoms with E-state index in [1.807, 2.05) is 0 Å². The molecule has 0 aliphatic heterocycles. The van der Waals surface area contributed by atoms with Gasteiger partial charge < -0.3 is 14.2 Å². The first-order valence-electron chi connectivity index (χ1n) is 20.1. The Kier molecular flexibility index (Phi) is 8.49. The number of hydrogen-bond acceptors (Lipinski definition) is 3. The Morgan fingerprint density at radius 1 is 0.271 bits per heavy atom. The van der Waals surface area contributed by atoms with Crippen molar-refractivity contribution >= 4 is 77.6 Å². The molecule has 0 amide bonds. The predicted molar refractivity (Wildman–Crippen MR) is 249 cm³/mol. The molecule has 0 saturated heterocycles. The SMILES string of the molecule is c1ccc(-c2ccc(N(c3ccccc3)c3cc(N(c4ccccc4)c4ccc(-c5ccc6ccccc6c5)cc4)cc4oc5ccc6ccccc6c5c34)cc2)cc1. The molecule has 0 unspecified atom stereocenters. The van der Waals surface area contributed by atoms with Crippen LogP contribution < -0.4 is 9.80 Å². The zero-order valence-corrected chi connectivity index (χ0v) is 32.2. The lowest BCUT2D eigenvalue weighted by Gasteiger charge is -2.30. The molecule has 0 bridgehead atoms. The topological polar surface area (TPSA) is 19.6 Å². The molecular formula is C56H38N2O. The van der Waals surface area contributed by atoms with E-state index in [1.165, 1.54) is 38.4 Å². The van der Waals surface area contributed by atoms with Crippen LogP contribution in [0.5, 0.6) is 0 Å². The second-order valence-corrected chi connectivity index (χ2v) is 15.0. The number of benzene rings is 10. The summed E-state index contributed by atoms with van der Waals surface area (Å²) in [6, 6.07) is 82.3. The lowest BCUT2D eigenvalue weighted by Crippen LogP contribution is -2.13. The summed E-state index contributed by atoms with van der Waals surface area (Å²) in [5.74, 6) is 0. The minimum absolute atomic E-state index is 0.819. The van der Waals surface area contributed by atoms with Crippen LogP contribution >= 0.6 is 0 Å². The molecule has 3 nitrogen and oxygen atoms in total. The van der Waals surface area contributed by atoms with E-state index in [1.54, 1.807) is 0 Å². The Morgan fingerprint density at radius 3 is 1.46 bits per heavy atom. The maximum absolute atomic E-state index is 6.92. The van der Waals surface area contributed by atoms with Gasteiger partial charge in [0, 0.05) is 34.2 Å². The van der Waals surface area contributed by atoms with Gasteiger partial charge in [0.15, 0.2) is 0 Å². The zero-order chi connectivity index (χ0) is 39.1. The number of hydrogen-bond donors (Lipinski definition) is 0. The van der Waals surface area contributed by atoms with Gasteiger partial charge in [0.2, 0.25) is 0 Å². The van der Waals surface area contributed by atoms with Crippen molar-refractivity contribution < 1.29 is 4.42 Å². The van der Waals surface area contributed by atoms with Crippen molar-refractivity contribution in [2.45, 2.75) is 0 Å². The van der Waals surface area contributed by atoms with Crippen molar-refractivity contribution in [3.63, 3.8) is 0 Å². The van der Waals surface area contributed by atoms with E-state index in [2.05, 4.69) is 240 Å². The van der Waals surface area contributed by atoms with Gasteiger partial charge in [0.05, 0.1) is 16.8 Å². The first-order chi connectivity index (χ1) is 29.2. The summed E-state index contributed by atoms with van der Waals surface area (Å²) in [5, 5.41) is 6.98. The summed E-state index contributed by atoms with van der Waals surface area (Å²) >= 11 is 0. The van der Waals surface area contributed by atoms with Crippen molar-refractivity contribution in [1.29, 1.82) is 0 Å². The normalized spacial score (nSPS) is 11.4. The molecule has 1 heterocycles. The molecule has 0 aliphatic rings. The Hall–Kier alpha value is -7.88. The monoisotopic (exact) mass is 754 g/mol. The fraction of sp³-hybridized carbons (Fsp3) is 0. The summed E-state index contributed by atoms with van der Waals surface area (Å²) in [4.78, 5) is 4.71. The quantitative estimate of drug-likeness (QED) is 0.154. The molecule has 3 heteroatoms. The van der Waals surface area contributed by atoms with Crippen LogP contribution in [0, 0.1) is 0 Å². The predicted octanol–water partition coefficient (Wildman–Crippen LogP) is 16.2. The molecule has 0 fully saturated rings. The molecule has 0 spiro atoms. The molecule has 0 atom stereocenters. The average molecular weight is 755 g/mol. The Labute approximate surface area is 343 Å². The number of furan rings is 1. The summed E-state index contributed by atoms with van der Waals surface area (Å²) in [6.45, 7) is 0. The Bertz CT molecular complexity index is 3250. The van der Waals surface area contributed by atoms with Crippen molar-refractivity contribution in [2.75, 3.05) is 9.80 Å². The largest absolute Gasteiger partial charge is 0.456 e. The molecule has 0 saturated carbocycles. The number of nitrogens with zero attached hydrogens (tertiary/aromatic N) is 2. The van der Waals surface area contributed by atoms with Gasteiger partial charge in [-0.25, -0.2) is 0 Å². The van der Waals surface area contributed by atoms with Crippen LogP contribution in [0.25, 0.3) is 65.7 Å². The molecule has 11 aromatic rings. The second kappa shape index (κ2) is 14.6. The van der Waals surface area contributed by atoms with Crippen LogP contribution in [0.4, 0.5) is 34.1 Å². The average Bonchev–Trinajstić information content (AvgIpc) is 3.70. The highest BCUT2D eigenvalue weighted by Gasteiger charge is 2.24. The molecule has 1 aromatic heterocycles. The van der Waals surface area contributed by atoms with E-state index < -0.39 is 0 Å². The third-order valence-electron chi connectivity index (χ3n) is 11.4. The molecule has 10 aromatic carbocycles. The number of anilines is 6. The minimum atomic E-state index is 0.819.